The number of H-pyrrole nitrogens is 2. The maximum atomic E-state index is 13.4. The Labute approximate surface area is 154 Å². The number of hydrogen-bond donors (Lipinski definition) is 4. The van der Waals surface area contributed by atoms with Crippen LogP contribution >= 0.6 is 0 Å². The second kappa shape index (κ2) is 5.82. The third-order valence-electron chi connectivity index (χ3n) is 5.33. The molecule has 3 heterocycles. The van der Waals surface area contributed by atoms with Gasteiger partial charge < -0.3 is 15.1 Å². The van der Waals surface area contributed by atoms with E-state index in [1.54, 1.807) is 6.20 Å². The van der Waals surface area contributed by atoms with E-state index in [0.717, 1.165) is 33.1 Å². The maximum absolute atomic E-state index is 13.4. The highest BCUT2D eigenvalue weighted by molar-refractivity contribution is 6.11. The largest absolute Gasteiger partial charge is 0.480 e. The van der Waals surface area contributed by atoms with Crippen LogP contribution < -0.4 is 5.32 Å². The van der Waals surface area contributed by atoms with E-state index in [1.807, 2.05) is 48.5 Å². The lowest BCUT2D eigenvalue weighted by Crippen LogP contribution is -2.47. The molecule has 4 aromatic rings. The monoisotopic (exact) mass is 359 g/mol. The van der Waals surface area contributed by atoms with Crippen molar-refractivity contribution in [2.75, 3.05) is 0 Å². The summed E-state index contributed by atoms with van der Waals surface area (Å²) >= 11 is 0. The number of para-hydroxylation sites is 2. The summed E-state index contributed by atoms with van der Waals surface area (Å²) in [5, 5.41) is 14.4. The van der Waals surface area contributed by atoms with Crippen molar-refractivity contribution in [3.8, 4) is 0 Å². The highest BCUT2D eigenvalue weighted by atomic mass is 16.4. The van der Waals surface area contributed by atoms with E-state index in [-0.39, 0.29) is 5.78 Å². The van der Waals surface area contributed by atoms with Gasteiger partial charge in [-0.2, -0.15) is 0 Å². The van der Waals surface area contributed by atoms with E-state index in [0.29, 0.717) is 12.0 Å². The standard InChI is InChI=1S/C21H17N3O3/c25-20(14-10-22-15-7-3-1-6-12(14)15)19-18-13(9-17(24-19)21(26)27)11-5-2-4-8-16(11)23-18/h1-8,10,17,19,22-24H,9H2,(H,26,27). The van der Waals surface area contributed by atoms with Gasteiger partial charge in [-0.3, -0.25) is 14.9 Å². The molecule has 1 aliphatic heterocycles. The van der Waals surface area contributed by atoms with Gasteiger partial charge in [-0.25, -0.2) is 0 Å². The second-order valence-electron chi connectivity index (χ2n) is 6.87. The molecule has 0 spiro atoms. The molecule has 27 heavy (non-hydrogen) atoms. The number of nitrogens with one attached hydrogen (secondary N) is 3. The van der Waals surface area contributed by atoms with Gasteiger partial charge in [-0.15, -0.1) is 0 Å². The summed E-state index contributed by atoms with van der Waals surface area (Å²) in [6.07, 6.45) is 2.04. The Morgan fingerprint density at radius 3 is 2.44 bits per heavy atom. The van der Waals surface area contributed by atoms with Crippen LogP contribution in [0.4, 0.5) is 0 Å². The highest BCUT2D eigenvalue weighted by Gasteiger charge is 2.37. The Morgan fingerprint density at radius 2 is 1.67 bits per heavy atom. The first-order chi connectivity index (χ1) is 13.1. The number of fused-ring (bicyclic) bond motifs is 4. The number of carboxylic acids is 1. The SMILES string of the molecule is O=C(O)C1Cc2c([nH]c3ccccc23)C(C(=O)c2c[nH]c3ccccc23)N1. The molecule has 6 nitrogen and oxygen atoms in total. The molecule has 4 N–H and O–H groups in total. The van der Waals surface area contributed by atoms with Crippen molar-refractivity contribution >= 4 is 33.6 Å². The second-order valence-corrected chi connectivity index (χ2v) is 6.87. The molecule has 0 saturated carbocycles. The van der Waals surface area contributed by atoms with Crippen molar-refractivity contribution in [3.05, 3.63) is 71.5 Å². The predicted molar refractivity (Wildman–Crippen MR) is 102 cm³/mol. The third-order valence-corrected chi connectivity index (χ3v) is 5.33. The van der Waals surface area contributed by atoms with Crippen molar-refractivity contribution in [1.29, 1.82) is 0 Å². The molecule has 0 aliphatic carbocycles. The summed E-state index contributed by atoms with van der Waals surface area (Å²) < 4.78 is 0. The highest BCUT2D eigenvalue weighted by Crippen LogP contribution is 2.34. The lowest BCUT2D eigenvalue weighted by Gasteiger charge is -2.28. The van der Waals surface area contributed by atoms with Crippen molar-refractivity contribution in [1.82, 2.24) is 15.3 Å². The van der Waals surface area contributed by atoms with Crippen molar-refractivity contribution in [2.45, 2.75) is 18.5 Å². The average molecular weight is 359 g/mol. The third kappa shape index (κ3) is 2.38. The van der Waals surface area contributed by atoms with E-state index < -0.39 is 18.1 Å². The van der Waals surface area contributed by atoms with Crippen LogP contribution in [0.2, 0.25) is 0 Å². The molecule has 0 amide bonds. The van der Waals surface area contributed by atoms with Crippen LogP contribution in [-0.4, -0.2) is 32.9 Å². The number of aromatic nitrogens is 2. The summed E-state index contributed by atoms with van der Waals surface area (Å²) in [6, 6.07) is 13.8. The fourth-order valence-electron chi connectivity index (χ4n) is 4.03. The molecule has 2 unspecified atom stereocenters. The number of carbonyl (C=O) groups is 2. The number of Topliss-reactive ketones (excluding diaryl/α,β-unsaturated/α-hetero) is 1. The molecule has 0 saturated heterocycles. The van der Waals surface area contributed by atoms with E-state index in [4.69, 9.17) is 0 Å². The van der Waals surface area contributed by atoms with Crippen LogP contribution in [0.5, 0.6) is 0 Å². The van der Waals surface area contributed by atoms with E-state index in [9.17, 15) is 14.7 Å². The number of carbonyl (C=O) groups excluding carboxylic acids is 1. The van der Waals surface area contributed by atoms with Crippen molar-refractivity contribution in [2.24, 2.45) is 0 Å². The number of carboxylic acid groups (broad SMARTS) is 1. The number of hydrogen-bond acceptors (Lipinski definition) is 3. The van der Waals surface area contributed by atoms with Gasteiger partial charge in [0, 0.05) is 45.7 Å². The lowest BCUT2D eigenvalue weighted by atomic mass is 9.90. The van der Waals surface area contributed by atoms with Crippen LogP contribution in [0.1, 0.15) is 27.7 Å². The molecule has 1 aliphatic rings. The topological polar surface area (TPSA) is 98.0 Å². The van der Waals surface area contributed by atoms with Crippen LogP contribution in [0.15, 0.2) is 54.7 Å². The minimum absolute atomic E-state index is 0.147. The molecular weight excluding hydrogens is 342 g/mol. The Kier molecular flexibility index (Phi) is 3.42. The fourth-order valence-corrected chi connectivity index (χ4v) is 4.03. The first kappa shape index (κ1) is 15.8. The zero-order valence-corrected chi connectivity index (χ0v) is 14.3. The zero-order valence-electron chi connectivity index (χ0n) is 14.3. The summed E-state index contributed by atoms with van der Waals surface area (Å²) in [7, 11) is 0. The predicted octanol–water partition coefficient (Wildman–Crippen LogP) is 3.17. The van der Waals surface area contributed by atoms with Crippen molar-refractivity contribution < 1.29 is 14.7 Å². The van der Waals surface area contributed by atoms with Crippen molar-refractivity contribution in [3.63, 3.8) is 0 Å². The van der Waals surface area contributed by atoms with Crippen LogP contribution in [0, 0.1) is 0 Å². The Balaban J connectivity index is 1.67. The lowest BCUT2D eigenvalue weighted by molar-refractivity contribution is -0.139. The van der Waals surface area contributed by atoms with Crippen LogP contribution in [0.3, 0.4) is 0 Å². The first-order valence-electron chi connectivity index (χ1n) is 8.82. The molecule has 6 heteroatoms. The molecule has 5 rings (SSSR count). The molecule has 2 atom stereocenters. The smallest absolute Gasteiger partial charge is 0.321 e. The number of aliphatic carboxylic acids is 1. The van der Waals surface area contributed by atoms with Gasteiger partial charge in [0.15, 0.2) is 5.78 Å². The van der Waals surface area contributed by atoms with Gasteiger partial charge in [0.2, 0.25) is 0 Å². The molecule has 0 fully saturated rings. The van der Waals surface area contributed by atoms with Gasteiger partial charge >= 0.3 is 5.97 Å². The molecule has 0 bridgehead atoms. The average Bonchev–Trinajstić information content (AvgIpc) is 3.28. The summed E-state index contributed by atoms with van der Waals surface area (Å²) in [5.74, 6) is -1.10. The molecule has 2 aromatic heterocycles. The number of benzene rings is 2. The van der Waals surface area contributed by atoms with E-state index >= 15 is 0 Å². The first-order valence-corrected chi connectivity index (χ1v) is 8.82. The Bertz CT molecular complexity index is 1200. The maximum Gasteiger partial charge on any atom is 0.321 e. The molecule has 0 radical (unpaired) electrons. The quantitative estimate of drug-likeness (QED) is 0.422. The molecule has 2 aromatic carbocycles. The van der Waals surface area contributed by atoms with Gasteiger partial charge in [0.25, 0.3) is 0 Å². The number of ketones is 1. The van der Waals surface area contributed by atoms with Crippen LogP contribution in [-0.2, 0) is 11.2 Å². The number of rotatable bonds is 3. The van der Waals surface area contributed by atoms with Gasteiger partial charge in [-0.1, -0.05) is 36.4 Å². The Morgan fingerprint density at radius 1 is 0.963 bits per heavy atom. The minimum atomic E-state index is -0.956. The fraction of sp³-hybridized carbons (Fsp3) is 0.143. The Hall–Kier alpha value is -3.38. The normalized spacial score (nSPS) is 19.3. The van der Waals surface area contributed by atoms with E-state index in [1.165, 1.54) is 0 Å². The molecule has 134 valence electrons. The minimum Gasteiger partial charge on any atom is -0.480 e. The van der Waals surface area contributed by atoms with Crippen LogP contribution in [0.25, 0.3) is 21.8 Å². The van der Waals surface area contributed by atoms with Gasteiger partial charge in [0.05, 0.1) is 0 Å². The summed E-state index contributed by atoms with van der Waals surface area (Å²) in [4.78, 5) is 31.5. The summed E-state index contributed by atoms with van der Waals surface area (Å²) in [5.41, 5.74) is 3.99. The van der Waals surface area contributed by atoms with Gasteiger partial charge in [-0.05, 0) is 17.7 Å². The zero-order chi connectivity index (χ0) is 18.5. The van der Waals surface area contributed by atoms with Gasteiger partial charge in [0.1, 0.15) is 12.1 Å². The summed E-state index contributed by atoms with van der Waals surface area (Å²) in [6.45, 7) is 0. The molecular formula is C21H17N3O3. The number of aromatic amines is 2. The van der Waals surface area contributed by atoms with E-state index in [2.05, 4.69) is 15.3 Å².